The van der Waals surface area contributed by atoms with Crippen LogP contribution < -0.4 is 10.2 Å². The number of pyridine rings is 1. The Bertz CT molecular complexity index is 397. The molecular weight excluding hydrogens is 248 g/mol. The Morgan fingerprint density at radius 1 is 1.20 bits per heavy atom. The fraction of sp³-hybridized carbons (Fsp3) is 0.688. The van der Waals surface area contributed by atoms with Crippen molar-refractivity contribution >= 4 is 5.82 Å². The molecule has 0 bridgehead atoms. The van der Waals surface area contributed by atoms with Gasteiger partial charge in [-0.1, -0.05) is 26.8 Å². The summed E-state index contributed by atoms with van der Waals surface area (Å²) in [5.41, 5.74) is 1.13. The van der Waals surface area contributed by atoms with Gasteiger partial charge >= 0.3 is 0 Å². The van der Waals surface area contributed by atoms with E-state index >= 15 is 0 Å². The predicted molar refractivity (Wildman–Crippen MR) is 85.1 cm³/mol. The van der Waals surface area contributed by atoms with E-state index in [1.165, 1.54) is 6.54 Å². The fourth-order valence-electron chi connectivity index (χ4n) is 2.67. The summed E-state index contributed by atoms with van der Waals surface area (Å²) in [7, 11) is 0. The summed E-state index contributed by atoms with van der Waals surface area (Å²) in [4.78, 5) is 9.73. The zero-order valence-electron chi connectivity index (χ0n) is 13.1. The molecule has 0 radical (unpaired) electrons. The van der Waals surface area contributed by atoms with Crippen LogP contribution in [0, 0.1) is 5.92 Å². The molecule has 1 aliphatic heterocycles. The lowest BCUT2D eigenvalue weighted by atomic mass is 10.2. The van der Waals surface area contributed by atoms with E-state index in [2.05, 4.69) is 54.1 Å². The number of rotatable bonds is 6. The van der Waals surface area contributed by atoms with Crippen LogP contribution in [0.15, 0.2) is 18.2 Å². The number of nitrogens with zero attached hydrogens (tertiary/aromatic N) is 3. The molecule has 2 heterocycles. The van der Waals surface area contributed by atoms with Crippen molar-refractivity contribution in [1.29, 1.82) is 0 Å². The minimum absolute atomic E-state index is 0.753. The second-order valence-electron chi connectivity index (χ2n) is 5.95. The van der Waals surface area contributed by atoms with Gasteiger partial charge in [0.2, 0.25) is 0 Å². The molecule has 112 valence electrons. The summed E-state index contributed by atoms with van der Waals surface area (Å²) in [6.07, 6.45) is 0. The highest BCUT2D eigenvalue weighted by Crippen LogP contribution is 2.15. The van der Waals surface area contributed by atoms with E-state index in [0.717, 1.165) is 56.7 Å². The van der Waals surface area contributed by atoms with Crippen molar-refractivity contribution in [3.63, 3.8) is 0 Å². The van der Waals surface area contributed by atoms with Crippen LogP contribution in [-0.4, -0.2) is 49.2 Å². The second-order valence-corrected chi connectivity index (χ2v) is 5.95. The van der Waals surface area contributed by atoms with Crippen molar-refractivity contribution in [1.82, 2.24) is 15.2 Å². The van der Waals surface area contributed by atoms with E-state index < -0.39 is 0 Å². The number of piperazine rings is 1. The van der Waals surface area contributed by atoms with Gasteiger partial charge in [-0.05, 0) is 24.6 Å². The molecule has 4 heteroatoms. The van der Waals surface area contributed by atoms with Crippen LogP contribution in [0.25, 0.3) is 0 Å². The fourth-order valence-corrected chi connectivity index (χ4v) is 2.67. The smallest absolute Gasteiger partial charge is 0.128 e. The molecule has 1 fully saturated rings. The molecular formula is C16H28N4. The average Bonchev–Trinajstić information content (AvgIpc) is 2.45. The van der Waals surface area contributed by atoms with Crippen LogP contribution in [0.1, 0.15) is 26.5 Å². The maximum Gasteiger partial charge on any atom is 0.128 e. The molecule has 0 unspecified atom stereocenters. The number of nitrogens with one attached hydrogen (secondary N) is 1. The molecule has 0 aromatic carbocycles. The Balaban J connectivity index is 1.89. The highest BCUT2D eigenvalue weighted by Gasteiger charge is 2.18. The van der Waals surface area contributed by atoms with Gasteiger partial charge in [0.25, 0.3) is 0 Å². The molecule has 20 heavy (non-hydrogen) atoms. The molecule has 0 atom stereocenters. The molecule has 1 aromatic rings. The number of hydrogen-bond acceptors (Lipinski definition) is 4. The maximum atomic E-state index is 4.76. The summed E-state index contributed by atoms with van der Waals surface area (Å²) in [5, 5.41) is 3.33. The van der Waals surface area contributed by atoms with Crippen molar-refractivity contribution in [3.8, 4) is 0 Å². The van der Waals surface area contributed by atoms with E-state index in [0.29, 0.717) is 0 Å². The Hall–Kier alpha value is -1.13. The van der Waals surface area contributed by atoms with Crippen molar-refractivity contribution in [2.24, 2.45) is 5.92 Å². The lowest BCUT2D eigenvalue weighted by molar-refractivity contribution is 0.231. The second kappa shape index (κ2) is 7.60. The maximum absolute atomic E-state index is 4.76. The molecule has 0 saturated carbocycles. The van der Waals surface area contributed by atoms with E-state index in [9.17, 15) is 0 Å². The Labute approximate surface area is 123 Å². The van der Waals surface area contributed by atoms with Gasteiger partial charge in [0.1, 0.15) is 5.82 Å². The van der Waals surface area contributed by atoms with Gasteiger partial charge in [0.15, 0.2) is 0 Å². The first kappa shape index (κ1) is 15.3. The molecule has 1 aromatic heterocycles. The largest absolute Gasteiger partial charge is 0.354 e. The topological polar surface area (TPSA) is 31.4 Å². The molecule has 2 rings (SSSR count). The Kier molecular flexibility index (Phi) is 5.80. The van der Waals surface area contributed by atoms with E-state index in [4.69, 9.17) is 4.98 Å². The summed E-state index contributed by atoms with van der Waals surface area (Å²) in [6.45, 7) is 14.2. The summed E-state index contributed by atoms with van der Waals surface area (Å²) >= 11 is 0. The average molecular weight is 276 g/mol. The minimum atomic E-state index is 0.753. The Morgan fingerprint density at radius 2 is 1.95 bits per heavy atom. The quantitative estimate of drug-likeness (QED) is 0.861. The first-order chi connectivity index (χ1) is 9.69. The number of hydrogen-bond donors (Lipinski definition) is 1. The molecule has 0 aliphatic carbocycles. The Morgan fingerprint density at radius 3 is 2.60 bits per heavy atom. The third-order valence-electron chi connectivity index (χ3n) is 3.67. The van der Waals surface area contributed by atoms with Gasteiger partial charge in [-0.15, -0.1) is 0 Å². The highest BCUT2D eigenvalue weighted by molar-refractivity contribution is 5.39. The molecule has 1 saturated heterocycles. The highest BCUT2D eigenvalue weighted by atomic mass is 15.3. The summed E-state index contributed by atoms with van der Waals surface area (Å²) in [6, 6.07) is 6.35. The van der Waals surface area contributed by atoms with Gasteiger partial charge in [0, 0.05) is 39.3 Å². The lowest BCUT2D eigenvalue weighted by Gasteiger charge is -2.36. The SMILES string of the molecule is CCNCc1cccc(N2CCN(CC(C)C)CC2)n1. The summed E-state index contributed by atoms with van der Waals surface area (Å²) in [5.74, 6) is 1.88. The van der Waals surface area contributed by atoms with Gasteiger partial charge in [-0.2, -0.15) is 0 Å². The van der Waals surface area contributed by atoms with Gasteiger partial charge in [0.05, 0.1) is 5.69 Å². The van der Waals surface area contributed by atoms with Crippen molar-refractivity contribution in [2.45, 2.75) is 27.3 Å². The zero-order valence-corrected chi connectivity index (χ0v) is 13.1. The third-order valence-corrected chi connectivity index (χ3v) is 3.67. The van der Waals surface area contributed by atoms with Gasteiger partial charge in [-0.3, -0.25) is 4.90 Å². The van der Waals surface area contributed by atoms with Crippen molar-refractivity contribution in [2.75, 3.05) is 44.2 Å². The lowest BCUT2D eigenvalue weighted by Crippen LogP contribution is -2.47. The van der Waals surface area contributed by atoms with Crippen LogP contribution in [0.3, 0.4) is 0 Å². The van der Waals surface area contributed by atoms with Gasteiger partial charge < -0.3 is 10.2 Å². The number of aromatic nitrogens is 1. The molecule has 0 amide bonds. The molecule has 1 aliphatic rings. The molecule has 0 spiro atoms. The zero-order chi connectivity index (χ0) is 14.4. The van der Waals surface area contributed by atoms with E-state index in [1.54, 1.807) is 0 Å². The van der Waals surface area contributed by atoms with Crippen LogP contribution in [0.2, 0.25) is 0 Å². The van der Waals surface area contributed by atoms with Crippen molar-refractivity contribution in [3.05, 3.63) is 23.9 Å². The van der Waals surface area contributed by atoms with Gasteiger partial charge in [-0.25, -0.2) is 4.98 Å². The number of anilines is 1. The van der Waals surface area contributed by atoms with Crippen LogP contribution in [0.4, 0.5) is 5.82 Å². The predicted octanol–water partition coefficient (Wildman–Crippen LogP) is 1.97. The van der Waals surface area contributed by atoms with Crippen LogP contribution in [0.5, 0.6) is 0 Å². The van der Waals surface area contributed by atoms with Crippen LogP contribution in [-0.2, 0) is 6.54 Å². The van der Waals surface area contributed by atoms with E-state index in [1.807, 2.05) is 0 Å². The minimum Gasteiger partial charge on any atom is -0.354 e. The summed E-state index contributed by atoms with van der Waals surface area (Å²) < 4.78 is 0. The monoisotopic (exact) mass is 276 g/mol. The van der Waals surface area contributed by atoms with Crippen LogP contribution >= 0.6 is 0 Å². The standard InChI is InChI=1S/C16H28N4/c1-4-17-12-15-6-5-7-16(18-15)20-10-8-19(9-11-20)13-14(2)3/h5-7,14,17H,4,8-13H2,1-3H3. The van der Waals surface area contributed by atoms with Crippen molar-refractivity contribution < 1.29 is 0 Å². The molecule has 1 N–H and O–H groups in total. The first-order valence-electron chi connectivity index (χ1n) is 7.83. The third kappa shape index (κ3) is 4.46. The normalized spacial score (nSPS) is 16.9. The molecule has 4 nitrogen and oxygen atoms in total. The van der Waals surface area contributed by atoms with E-state index in [-0.39, 0.29) is 0 Å². The first-order valence-corrected chi connectivity index (χ1v) is 7.83.